The fourth-order valence-corrected chi connectivity index (χ4v) is 8.03. The molecule has 0 saturated carbocycles. The summed E-state index contributed by atoms with van der Waals surface area (Å²) < 4.78 is 18.6. The SMILES string of the molecule is O=C(NC1CC(=O)N(Cc2cccc(-c3ccc([C@H]4O[C@@H](CN5CCN(Cc6ccccc6)CC5)C[C@@H](c5ccc(CO)cc5)O4)cc3)c2)C1=O)OCc1ccccc1. The summed E-state index contributed by atoms with van der Waals surface area (Å²) in [5.74, 6) is -0.808. The van der Waals surface area contributed by atoms with Gasteiger partial charge in [0.15, 0.2) is 6.29 Å². The van der Waals surface area contributed by atoms with Crippen molar-refractivity contribution >= 4 is 17.9 Å². The van der Waals surface area contributed by atoms with E-state index in [1.165, 1.54) is 10.5 Å². The number of nitrogens with one attached hydrogen (secondary N) is 1. The Bertz CT molecular complexity index is 2180. The fourth-order valence-electron chi connectivity index (χ4n) is 8.03. The molecule has 3 fully saturated rings. The van der Waals surface area contributed by atoms with Gasteiger partial charge in [0, 0.05) is 51.3 Å². The first-order chi connectivity index (χ1) is 28.9. The van der Waals surface area contributed by atoms with Gasteiger partial charge in [0.2, 0.25) is 5.91 Å². The molecule has 0 bridgehead atoms. The normalized spacial score (nSPS) is 21.4. The zero-order valence-corrected chi connectivity index (χ0v) is 33.0. The van der Waals surface area contributed by atoms with Crippen molar-refractivity contribution in [1.82, 2.24) is 20.0 Å². The number of alkyl carbamates (subject to hydrolysis) is 1. The molecular formula is C48H50N4O7. The van der Waals surface area contributed by atoms with Crippen molar-refractivity contribution in [3.63, 3.8) is 0 Å². The Kier molecular flexibility index (Phi) is 12.9. The molecule has 5 aromatic carbocycles. The van der Waals surface area contributed by atoms with E-state index in [2.05, 4.69) is 45.4 Å². The van der Waals surface area contributed by atoms with E-state index >= 15 is 0 Å². The molecular weight excluding hydrogens is 745 g/mol. The lowest BCUT2D eigenvalue weighted by molar-refractivity contribution is -0.253. The van der Waals surface area contributed by atoms with Crippen molar-refractivity contribution < 1.29 is 33.7 Å². The minimum absolute atomic E-state index is 0.00790. The summed E-state index contributed by atoms with van der Waals surface area (Å²) in [5, 5.41) is 12.2. The summed E-state index contributed by atoms with van der Waals surface area (Å²) in [6, 6.07) is 42.8. The molecule has 1 unspecified atom stereocenters. The van der Waals surface area contributed by atoms with Crippen LogP contribution in [0, 0.1) is 0 Å². The maximum Gasteiger partial charge on any atom is 0.408 e. The summed E-state index contributed by atoms with van der Waals surface area (Å²) in [5.41, 5.74) is 7.67. The smallest absolute Gasteiger partial charge is 0.408 e. The first-order valence-electron chi connectivity index (χ1n) is 20.4. The van der Waals surface area contributed by atoms with Crippen LogP contribution >= 0.6 is 0 Å². The molecule has 3 heterocycles. The van der Waals surface area contributed by atoms with E-state index in [-0.39, 0.29) is 44.3 Å². The van der Waals surface area contributed by atoms with Crippen LogP contribution < -0.4 is 5.32 Å². The summed E-state index contributed by atoms with van der Waals surface area (Å²) in [6.45, 7) is 5.88. The highest BCUT2D eigenvalue weighted by Gasteiger charge is 2.40. The van der Waals surface area contributed by atoms with Crippen molar-refractivity contribution in [2.45, 2.75) is 63.7 Å². The Morgan fingerprint density at radius 3 is 2.05 bits per heavy atom. The van der Waals surface area contributed by atoms with Gasteiger partial charge in [-0.25, -0.2) is 4.79 Å². The Morgan fingerprint density at radius 2 is 1.34 bits per heavy atom. The number of amides is 3. The molecule has 11 nitrogen and oxygen atoms in total. The molecule has 304 valence electrons. The Hall–Kier alpha value is -5.69. The van der Waals surface area contributed by atoms with Gasteiger partial charge in [-0.15, -0.1) is 0 Å². The average molecular weight is 795 g/mol. The van der Waals surface area contributed by atoms with Crippen molar-refractivity contribution in [2.24, 2.45) is 0 Å². The highest BCUT2D eigenvalue weighted by Crippen LogP contribution is 2.39. The minimum atomic E-state index is -0.972. The second-order valence-corrected chi connectivity index (χ2v) is 15.5. The molecule has 0 radical (unpaired) electrons. The van der Waals surface area contributed by atoms with E-state index in [1.807, 2.05) is 103 Å². The number of benzene rings is 5. The third kappa shape index (κ3) is 10.3. The molecule has 2 N–H and O–H groups in total. The second-order valence-electron chi connectivity index (χ2n) is 15.5. The predicted molar refractivity (Wildman–Crippen MR) is 222 cm³/mol. The lowest BCUT2D eigenvalue weighted by Crippen LogP contribution is -2.49. The van der Waals surface area contributed by atoms with Gasteiger partial charge >= 0.3 is 6.09 Å². The number of hydrogen-bond acceptors (Lipinski definition) is 9. The highest BCUT2D eigenvalue weighted by atomic mass is 16.7. The maximum absolute atomic E-state index is 13.2. The molecule has 59 heavy (non-hydrogen) atoms. The van der Waals surface area contributed by atoms with Crippen LogP contribution in [0.5, 0.6) is 0 Å². The van der Waals surface area contributed by atoms with Crippen LogP contribution in [0.1, 0.15) is 58.6 Å². The fraction of sp³-hybridized carbons (Fsp3) is 0.312. The quantitative estimate of drug-likeness (QED) is 0.125. The first kappa shape index (κ1) is 40.1. The largest absolute Gasteiger partial charge is 0.445 e. The summed E-state index contributed by atoms with van der Waals surface area (Å²) >= 11 is 0. The number of nitrogens with zero attached hydrogens (tertiary/aromatic N) is 3. The Balaban J connectivity index is 0.898. The van der Waals surface area contributed by atoms with Crippen molar-refractivity contribution in [3.8, 4) is 11.1 Å². The number of hydrogen-bond donors (Lipinski definition) is 2. The number of ether oxygens (including phenoxy) is 3. The average Bonchev–Trinajstić information content (AvgIpc) is 3.54. The Morgan fingerprint density at radius 1 is 0.678 bits per heavy atom. The van der Waals surface area contributed by atoms with Crippen molar-refractivity contribution in [2.75, 3.05) is 32.7 Å². The molecule has 4 atom stereocenters. The van der Waals surface area contributed by atoms with E-state index in [4.69, 9.17) is 14.2 Å². The topological polar surface area (TPSA) is 121 Å². The van der Waals surface area contributed by atoms with E-state index in [0.717, 1.165) is 84.6 Å². The molecule has 8 rings (SSSR count). The van der Waals surface area contributed by atoms with Crippen LogP contribution in [0.2, 0.25) is 0 Å². The lowest BCUT2D eigenvalue weighted by atomic mass is 9.98. The van der Waals surface area contributed by atoms with Crippen molar-refractivity contribution in [1.29, 1.82) is 0 Å². The predicted octanol–water partition coefficient (Wildman–Crippen LogP) is 6.76. The van der Waals surface area contributed by atoms with Crippen LogP contribution in [-0.2, 0) is 50.1 Å². The van der Waals surface area contributed by atoms with Crippen LogP contribution in [-0.4, -0.2) is 82.6 Å². The van der Waals surface area contributed by atoms with Crippen LogP contribution in [0.15, 0.2) is 133 Å². The zero-order chi connectivity index (χ0) is 40.6. The highest BCUT2D eigenvalue weighted by molar-refractivity contribution is 6.06. The molecule has 11 heteroatoms. The first-order valence-corrected chi connectivity index (χ1v) is 20.4. The molecule has 3 aliphatic heterocycles. The van der Waals surface area contributed by atoms with Gasteiger partial charge in [-0.3, -0.25) is 24.3 Å². The van der Waals surface area contributed by atoms with Crippen LogP contribution in [0.4, 0.5) is 4.79 Å². The van der Waals surface area contributed by atoms with E-state index < -0.39 is 24.3 Å². The third-order valence-electron chi connectivity index (χ3n) is 11.3. The summed E-state index contributed by atoms with van der Waals surface area (Å²) in [6.07, 6.45) is -0.923. The van der Waals surface area contributed by atoms with Crippen LogP contribution in [0.25, 0.3) is 11.1 Å². The van der Waals surface area contributed by atoms with Gasteiger partial charge in [0.25, 0.3) is 5.91 Å². The van der Waals surface area contributed by atoms with E-state index in [1.54, 1.807) is 0 Å². The molecule has 3 saturated heterocycles. The molecule has 3 aliphatic rings. The number of likely N-dealkylation sites (tertiary alicyclic amines) is 1. The van der Waals surface area contributed by atoms with Gasteiger partial charge in [-0.1, -0.05) is 127 Å². The number of aliphatic hydroxyl groups is 1. The number of piperazine rings is 1. The summed E-state index contributed by atoms with van der Waals surface area (Å²) in [7, 11) is 0. The molecule has 0 aromatic heterocycles. The van der Waals surface area contributed by atoms with Gasteiger partial charge in [0.1, 0.15) is 12.6 Å². The number of carbonyl (C=O) groups excluding carboxylic acids is 3. The minimum Gasteiger partial charge on any atom is -0.445 e. The summed E-state index contributed by atoms with van der Waals surface area (Å²) in [4.78, 5) is 44.8. The number of aliphatic hydroxyl groups excluding tert-OH is 1. The standard InChI is InChI=1S/C48H50N4O7/c53-32-35-14-16-39(17-15-35)44-27-42(31-51-24-22-50(23-25-51)29-34-8-3-1-4-9-34)58-47(59-44)40-20-18-38(19-21-40)41-13-7-12-37(26-41)30-52-45(54)28-43(46(52)55)49-48(56)57-33-36-10-5-2-6-11-36/h1-21,26,42-44,47,53H,22-25,27-33H2,(H,49,56)/t42-,43?,44+,47+/m1/s1. The Labute approximate surface area is 345 Å². The molecule has 5 aromatic rings. The van der Waals surface area contributed by atoms with Gasteiger partial charge in [-0.05, 0) is 45.0 Å². The molecule has 0 spiro atoms. The van der Waals surface area contributed by atoms with Crippen molar-refractivity contribution in [3.05, 3.63) is 167 Å². The third-order valence-corrected chi connectivity index (χ3v) is 11.3. The monoisotopic (exact) mass is 794 g/mol. The van der Waals surface area contributed by atoms with Gasteiger partial charge in [-0.2, -0.15) is 0 Å². The number of imide groups is 1. The lowest BCUT2D eigenvalue weighted by Gasteiger charge is -2.40. The maximum atomic E-state index is 13.2. The van der Waals surface area contributed by atoms with Crippen LogP contribution in [0.3, 0.4) is 0 Å². The number of carbonyl (C=O) groups is 3. The zero-order valence-electron chi connectivity index (χ0n) is 33.0. The van der Waals surface area contributed by atoms with Gasteiger partial charge in [0.05, 0.1) is 31.8 Å². The number of rotatable bonds is 13. The van der Waals surface area contributed by atoms with E-state index in [9.17, 15) is 19.5 Å². The second kappa shape index (κ2) is 18.9. The van der Waals surface area contributed by atoms with E-state index in [0.29, 0.717) is 0 Å². The molecule has 3 amide bonds. The van der Waals surface area contributed by atoms with Gasteiger partial charge < -0.3 is 24.6 Å². The molecule has 0 aliphatic carbocycles.